The molecule has 0 aliphatic rings. The molecule has 0 saturated carbocycles. The van der Waals surface area contributed by atoms with E-state index in [-0.39, 0.29) is 12.3 Å². The van der Waals surface area contributed by atoms with E-state index >= 15 is 0 Å². The molecule has 0 saturated heterocycles. The molecular weight excluding hydrogens is 282 g/mol. The van der Waals surface area contributed by atoms with Crippen LogP contribution in [0.3, 0.4) is 0 Å². The van der Waals surface area contributed by atoms with Gasteiger partial charge in [-0.15, -0.1) is 0 Å². The zero-order valence-electron chi connectivity index (χ0n) is 12.6. The van der Waals surface area contributed by atoms with Crippen molar-refractivity contribution in [3.05, 3.63) is 59.5 Å². The Morgan fingerprint density at radius 2 is 1.91 bits per heavy atom. The molecular formula is C17H19NO4. The second-order valence-electron chi connectivity index (χ2n) is 5.22. The van der Waals surface area contributed by atoms with Crippen LogP contribution in [-0.2, 0) is 10.2 Å². The molecule has 5 heteroatoms. The van der Waals surface area contributed by atoms with Gasteiger partial charge >= 0.3 is 5.97 Å². The van der Waals surface area contributed by atoms with Gasteiger partial charge in [0.2, 0.25) is 0 Å². The van der Waals surface area contributed by atoms with Crippen molar-refractivity contribution in [2.24, 2.45) is 0 Å². The average molecular weight is 301 g/mol. The van der Waals surface area contributed by atoms with Crippen LogP contribution in [0.4, 0.5) is 0 Å². The molecule has 1 atom stereocenters. The van der Waals surface area contributed by atoms with Gasteiger partial charge in [-0.25, -0.2) is 0 Å². The minimum atomic E-state index is -1.16. The number of carboxylic acids is 1. The molecule has 0 bridgehead atoms. The fourth-order valence-electron chi connectivity index (χ4n) is 2.46. The molecule has 0 aliphatic heterocycles. The first-order chi connectivity index (χ1) is 10.5. The van der Waals surface area contributed by atoms with E-state index in [4.69, 9.17) is 4.42 Å². The minimum absolute atomic E-state index is 0.00181. The highest BCUT2D eigenvalue weighted by atomic mass is 16.4. The number of aryl methyl sites for hydroxylation is 1. The highest BCUT2D eigenvalue weighted by molar-refractivity contribution is 5.93. The van der Waals surface area contributed by atoms with Crippen molar-refractivity contribution in [1.82, 2.24) is 5.32 Å². The summed E-state index contributed by atoms with van der Waals surface area (Å²) >= 11 is 0. The van der Waals surface area contributed by atoms with Crippen molar-refractivity contribution in [1.29, 1.82) is 0 Å². The number of rotatable bonds is 6. The zero-order valence-corrected chi connectivity index (χ0v) is 12.6. The van der Waals surface area contributed by atoms with Gasteiger partial charge in [-0.1, -0.05) is 37.3 Å². The predicted octanol–water partition coefficient (Wildman–Crippen LogP) is 2.75. The maximum absolute atomic E-state index is 12.1. The van der Waals surface area contributed by atoms with Crippen LogP contribution < -0.4 is 5.32 Å². The molecule has 5 nitrogen and oxygen atoms in total. The van der Waals surface area contributed by atoms with Gasteiger partial charge in [-0.05, 0) is 25.0 Å². The fourth-order valence-corrected chi connectivity index (χ4v) is 2.46. The average Bonchev–Trinajstić information content (AvgIpc) is 2.95. The van der Waals surface area contributed by atoms with Gasteiger partial charge in [0, 0.05) is 12.1 Å². The lowest BCUT2D eigenvalue weighted by atomic mass is 9.78. The maximum atomic E-state index is 12.1. The fraction of sp³-hybridized carbons (Fsp3) is 0.294. The molecule has 0 spiro atoms. The van der Waals surface area contributed by atoms with Crippen molar-refractivity contribution < 1.29 is 19.1 Å². The van der Waals surface area contributed by atoms with Gasteiger partial charge in [0.15, 0.2) is 5.76 Å². The zero-order chi connectivity index (χ0) is 16.2. The van der Waals surface area contributed by atoms with E-state index in [0.29, 0.717) is 12.0 Å². The quantitative estimate of drug-likeness (QED) is 0.860. The summed E-state index contributed by atoms with van der Waals surface area (Å²) in [5.41, 5.74) is 0.230. The second-order valence-corrected chi connectivity index (χ2v) is 5.22. The number of benzene rings is 1. The largest absolute Gasteiger partial charge is 0.481 e. The Labute approximate surface area is 129 Å². The lowest BCUT2D eigenvalue weighted by molar-refractivity contribution is -0.143. The van der Waals surface area contributed by atoms with Crippen LogP contribution in [0, 0.1) is 6.92 Å². The van der Waals surface area contributed by atoms with E-state index in [0.717, 1.165) is 5.56 Å². The van der Waals surface area contributed by atoms with Crippen molar-refractivity contribution in [3.63, 3.8) is 0 Å². The Kier molecular flexibility index (Phi) is 4.65. The van der Waals surface area contributed by atoms with Crippen LogP contribution in [0.2, 0.25) is 0 Å². The van der Waals surface area contributed by atoms with E-state index in [1.807, 2.05) is 6.07 Å². The highest BCUT2D eigenvalue weighted by Crippen LogP contribution is 2.28. The molecule has 0 radical (unpaired) electrons. The smallest absolute Gasteiger partial charge is 0.315 e. The molecule has 2 aromatic rings. The molecule has 1 amide bonds. The molecule has 116 valence electrons. The van der Waals surface area contributed by atoms with Crippen LogP contribution in [0.25, 0.3) is 0 Å². The number of nitrogens with one attached hydrogen (secondary N) is 1. The topological polar surface area (TPSA) is 79.5 Å². The predicted molar refractivity (Wildman–Crippen MR) is 81.8 cm³/mol. The summed E-state index contributed by atoms with van der Waals surface area (Å²) in [6.45, 7) is 3.56. The number of aliphatic carboxylic acids is 1. The number of carbonyl (C=O) groups excluding carboxylic acids is 1. The van der Waals surface area contributed by atoms with E-state index in [9.17, 15) is 14.7 Å². The first-order valence-electron chi connectivity index (χ1n) is 7.12. The van der Waals surface area contributed by atoms with Crippen molar-refractivity contribution in [2.45, 2.75) is 25.7 Å². The van der Waals surface area contributed by atoms with Gasteiger partial charge in [0.05, 0.1) is 6.26 Å². The Balaban J connectivity index is 2.23. The van der Waals surface area contributed by atoms with Crippen molar-refractivity contribution in [3.8, 4) is 0 Å². The summed E-state index contributed by atoms with van der Waals surface area (Å²) in [5, 5.41) is 12.4. The van der Waals surface area contributed by atoms with Crippen LogP contribution >= 0.6 is 0 Å². The summed E-state index contributed by atoms with van der Waals surface area (Å²) in [6, 6.07) is 10.6. The standard InChI is InChI=1S/C17H19NO4/c1-3-17(16(20)21,13-7-5-4-6-8-13)11-18-15(19)14-12(2)9-10-22-14/h4-10H,3,11H2,1-2H3,(H,18,19)(H,20,21). The summed E-state index contributed by atoms with van der Waals surface area (Å²) in [6.07, 6.45) is 1.80. The minimum Gasteiger partial charge on any atom is -0.481 e. The number of hydrogen-bond donors (Lipinski definition) is 2. The first-order valence-corrected chi connectivity index (χ1v) is 7.12. The number of amides is 1. The highest BCUT2D eigenvalue weighted by Gasteiger charge is 2.39. The molecule has 0 aliphatic carbocycles. The van der Waals surface area contributed by atoms with Gasteiger partial charge < -0.3 is 14.8 Å². The Morgan fingerprint density at radius 1 is 1.23 bits per heavy atom. The van der Waals surface area contributed by atoms with Crippen LogP contribution in [0.1, 0.15) is 35.0 Å². The third kappa shape index (κ3) is 2.88. The summed E-state index contributed by atoms with van der Waals surface area (Å²) in [7, 11) is 0. The molecule has 1 aromatic carbocycles. The maximum Gasteiger partial charge on any atom is 0.315 e. The molecule has 2 rings (SSSR count). The van der Waals surface area contributed by atoms with E-state index in [2.05, 4.69) is 5.32 Å². The van der Waals surface area contributed by atoms with Crippen molar-refractivity contribution in [2.75, 3.05) is 6.54 Å². The molecule has 1 unspecified atom stereocenters. The Hall–Kier alpha value is -2.56. The molecule has 22 heavy (non-hydrogen) atoms. The molecule has 0 fully saturated rings. The molecule has 1 heterocycles. The van der Waals surface area contributed by atoms with E-state index in [1.165, 1.54) is 6.26 Å². The number of carbonyl (C=O) groups is 2. The monoisotopic (exact) mass is 301 g/mol. The van der Waals surface area contributed by atoms with Crippen LogP contribution in [-0.4, -0.2) is 23.5 Å². The molecule has 1 aromatic heterocycles. The Bertz CT molecular complexity index is 662. The summed E-state index contributed by atoms with van der Waals surface area (Å²) in [5.74, 6) is -1.15. The van der Waals surface area contributed by atoms with Crippen LogP contribution in [0.5, 0.6) is 0 Å². The third-order valence-electron chi connectivity index (χ3n) is 3.96. The van der Waals surface area contributed by atoms with Gasteiger partial charge in [0.25, 0.3) is 5.91 Å². The summed E-state index contributed by atoms with van der Waals surface area (Å²) in [4.78, 5) is 24.0. The van der Waals surface area contributed by atoms with Gasteiger partial charge in [-0.3, -0.25) is 9.59 Å². The SMILES string of the molecule is CCC(CNC(=O)c1occc1C)(C(=O)O)c1ccccc1. The van der Waals surface area contributed by atoms with Gasteiger partial charge in [0.1, 0.15) is 5.41 Å². The third-order valence-corrected chi connectivity index (χ3v) is 3.96. The van der Waals surface area contributed by atoms with Crippen molar-refractivity contribution >= 4 is 11.9 Å². The summed E-state index contributed by atoms with van der Waals surface area (Å²) < 4.78 is 5.13. The molecule has 2 N–H and O–H groups in total. The normalized spacial score (nSPS) is 13.4. The van der Waals surface area contributed by atoms with Crippen LogP contribution in [0.15, 0.2) is 47.1 Å². The number of furan rings is 1. The van der Waals surface area contributed by atoms with Gasteiger partial charge in [-0.2, -0.15) is 0 Å². The second kappa shape index (κ2) is 6.47. The number of carboxylic acid groups (broad SMARTS) is 1. The Morgan fingerprint density at radius 3 is 2.41 bits per heavy atom. The van der Waals surface area contributed by atoms with E-state index in [1.54, 1.807) is 44.2 Å². The lowest BCUT2D eigenvalue weighted by Crippen LogP contribution is -2.46. The number of hydrogen-bond acceptors (Lipinski definition) is 3. The first kappa shape index (κ1) is 15.8. The lowest BCUT2D eigenvalue weighted by Gasteiger charge is -2.28. The van der Waals surface area contributed by atoms with E-state index < -0.39 is 17.3 Å².